The molecule has 0 saturated heterocycles. The third kappa shape index (κ3) is 4.14. The average Bonchev–Trinajstić information content (AvgIpc) is 2.92. The largest absolute Gasteiger partial charge is 0.366 e. The average molecular weight is 378 g/mol. The summed E-state index contributed by atoms with van der Waals surface area (Å²) in [4.78, 5) is 16.3. The van der Waals surface area contributed by atoms with Gasteiger partial charge in [0.1, 0.15) is 5.82 Å². The highest BCUT2D eigenvalue weighted by molar-refractivity contribution is 6.31. The van der Waals surface area contributed by atoms with Crippen LogP contribution in [0.5, 0.6) is 0 Å². The predicted octanol–water partition coefficient (Wildman–Crippen LogP) is 4.60. The van der Waals surface area contributed by atoms with E-state index in [-0.39, 0.29) is 12.4 Å². The Kier molecular flexibility index (Phi) is 6.45. The number of hydrogen-bond donors (Lipinski definition) is 1. The van der Waals surface area contributed by atoms with Gasteiger partial charge in [-0.15, -0.1) is 12.4 Å². The van der Waals surface area contributed by atoms with Crippen molar-refractivity contribution in [1.29, 1.82) is 0 Å². The van der Waals surface area contributed by atoms with Crippen LogP contribution in [-0.4, -0.2) is 15.5 Å². The zero-order valence-corrected chi connectivity index (χ0v) is 15.6. The van der Waals surface area contributed by atoms with Gasteiger partial charge in [-0.25, -0.2) is 4.98 Å². The van der Waals surface area contributed by atoms with Crippen LogP contribution in [0.1, 0.15) is 41.5 Å². The second-order valence-corrected chi connectivity index (χ2v) is 6.28. The van der Waals surface area contributed by atoms with Gasteiger partial charge in [0.05, 0.1) is 17.6 Å². The van der Waals surface area contributed by atoms with Crippen LogP contribution in [0, 0.1) is 0 Å². The van der Waals surface area contributed by atoms with Crippen LogP contribution in [0.4, 0.5) is 0 Å². The van der Waals surface area contributed by atoms with Crippen molar-refractivity contribution < 1.29 is 4.79 Å². The van der Waals surface area contributed by atoms with Crippen molar-refractivity contribution in [2.75, 3.05) is 0 Å². The summed E-state index contributed by atoms with van der Waals surface area (Å²) in [5, 5.41) is 0.729. The standard InChI is InChI=1S/C19H20ClN3O.ClH/c1-2-3-8-18-22-16-10-9-13(19(21)24)11-17(16)23(18)12-14-6-4-5-7-15(14)20;/h4-7,9-11H,2-3,8,12H2,1H3,(H2,21,24);1H. The molecule has 2 N–H and O–H groups in total. The lowest BCUT2D eigenvalue weighted by atomic mass is 10.1. The summed E-state index contributed by atoms with van der Waals surface area (Å²) in [6, 6.07) is 13.2. The first kappa shape index (κ1) is 19.3. The maximum absolute atomic E-state index is 11.5. The van der Waals surface area contributed by atoms with Gasteiger partial charge < -0.3 is 10.3 Å². The van der Waals surface area contributed by atoms with E-state index >= 15 is 0 Å². The summed E-state index contributed by atoms with van der Waals surface area (Å²) >= 11 is 6.32. The topological polar surface area (TPSA) is 60.9 Å². The maximum Gasteiger partial charge on any atom is 0.248 e. The number of halogens is 2. The van der Waals surface area contributed by atoms with Crippen molar-refractivity contribution in [1.82, 2.24) is 9.55 Å². The maximum atomic E-state index is 11.5. The third-order valence-electron chi connectivity index (χ3n) is 4.15. The Labute approximate surface area is 158 Å². The number of nitrogens with two attached hydrogens (primary N) is 1. The molecule has 0 atom stereocenters. The van der Waals surface area contributed by atoms with Crippen LogP contribution in [0.15, 0.2) is 42.5 Å². The number of primary amides is 1. The van der Waals surface area contributed by atoms with Crippen molar-refractivity contribution in [2.24, 2.45) is 5.73 Å². The molecule has 0 unspecified atom stereocenters. The number of benzene rings is 2. The van der Waals surface area contributed by atoms with E-state index < -0.39 is 5.91 Å². The van der Waals surface area contributed by atoms with Gasteiger partial charge in [-0.05, 0) is 36.2 Å². The highest BCUT2D eigenvalue weighted by Gasteiger charge is 2.14. The summed E-state index contributed by atoms with van der Waals surface area (Å²) in [6.07, 6.45) is 3.05. The Hall–Kier alpha value is -2.04. The fourth-order valence-corrected chi connectivity index (χ4v) is 3.02. The number of rotatable bonds is 6. The minimum atomic E-state index is -0.433. The smallest absolute Gasteiger partial charge is 0.248 e. The van der Waals surface area contributed by atoms with E-state index in [1.807, 2.05) is 36.4 Å². The van der Waals surface area contributed by atoms with E-state index in [1.54, 1.807) is 6.07 Å². The van der Waals surface area contributed by atoms with Crippen LogP contribution in [-0.2, 0) is 13.0 Å². The molecule has 25 heavy (non-hydrogen) atoms. The zero-order chi connectivity index (χ0) is 17.1. The number of nitrogens with zero attached hydrogens (tertiary/aromatic N) is 2. The Bertz CT molecular complexity index is 890. The Balaban J connectivity index is 0.00000225. The van der Waals surface area contributed by atoms with E-state index in [0.717, 1.165) is 46.7 Å². The number of imidazole rings is 1. The van der Waals surface area contributed by atoms with Crippen molar-refractivity contribution in [3.8, 4) is 0 Å². The van der Waals surface area contributed by atoms with Crippen molar-refractivity contribution >= 4 is 40.9 Å². The fraction of sp³-hybridized carbons (Fsp3) is 0.263. The molecular weight excluding hydrogens is 357 g/mol. The molecule has 2 aromatic carbocycles. The number of aryl methyl sites for hydroxylation is 1. The van der Waals surface area contributed by atoms with E-state index in [1.165, 1.54) is 0 Å². The monoisotopic (exact) mass is 377 g/mol. The minimum Gasteiger partial charge on any atom is -0.366 e. The lowest BCUT2D eigenvalue weighted by molar-refractivity contribution is 0.100. The summed E-state index contributed by atoms with van der Waals surface area (Å²) in [5.41, 5.74) is 8.74. The first-order valence-electron chi connectivity index (χ1n) is 8.12. The first-order valence-corrected chi connectivity index (χ1v) is 8.50. The Morgan fingerprint density at radius 3 is 2.68 bits per heavy atom. The SMILES string of the molecule is CCCCc1nc2ccc(C(N)=O)cc2n1Cc1ccccc1Cl.Cl. The normalized spacial score (nSPS) is 10.6. The van der Waals surface area contributed by atoms with Crippen LogP contribution in [0.25, 0.3) is 11.0 Å². The Morgan fingerprint density at radius 1 is 1.24 bits per heavy atom. The molecule has 1 aromatic heterocycles. The summed E-state index contributed by atoms with van der Waals surface area (Å²) in [5.74, 6) is 0.575. The number of unbranched alkanes of at least 4 members (excludes halogenated alkanes) is 1. The van der Waals surface area contributed by atoms with Gasteiger partial charge in [-0.2, -0.15) is 0 Å². The number of hydrogen-bond acceptors (Lipinski definition) is 2. The highest BCUT2D eigenvalue weighted by Crippen LogP contribution is 2.23. The molecule has 0 spiro atoms. The van der Waals surface area contributed by atoms with E-state index in [4.69, 9.17) is 22.3 Å². The first-order chi connectivity index (χ1) is 11.6. The molecule has 0 radical (unpaired) electrons. The second kappa shape index (κ2) is 8.37. The van der Waals surface area contributed by atoms with E-state index in [9.17, 15) is 4.79 Å². The molecule has 0 saturated carbocycles. The molecule has 1 heterocycles. The highest BCUT2D eigenvalue weighted by atomic mass is 35.5. The molecule has 3 aromatic rings. The van der Waals surface area contributed by atoms with Crippen molar-refractivity contribution in [3.63, 3.8) is 0 Å². The quantitative estimate of drug-likeness (QED) is 0.681. The van der Waals surface area contributed by atoms with Gasteiger partial charge in [-0.3, -0.25) is 4.79 Å². The molecular formula is C19H21Cl2N3O. The lowest BCUT2D eigenvalue weighted by Gasteiger charge is -2.11. The molecule has 132 valence electrons. The van der Waals surface area contributed by atoms with Crippen LogP contribution >= 0.6 is 24.0 Å². The van der Waals surface area contributed by atoms with Gasteiger partial charge in [0.25, 0.3) is 0 Å². The molecule has 0 fully saturated rings. The molecule has 4 nitrogen and oxygen atoms in total. The third-order valence-corrected chi connectivity index (χ3v) is 4.52. The minimum absolute atomic E-state index is 0. The molecule has 0 aliphatic carbocycles. The second-order valence-electron chi connectivity index (χ2n) is 5.88. The molecule has 0 aliphatic heterocycles. The number of carbonyl (C=O) groups excluding carboxylic acids is 1. The number of carbonyl (C=O) groups is 1. The van der Waals surface area contributed by atoms with Gasteiger partial charge in [0.2, 0.25) is 5.91 Å². The van der Waals surface area contributed by atoms with Crippen LogP contribution < -0.4 is 5.73 Å². The van der Waals surface area contributed by atoms with Gasteiger partial charge in [0, 0.05) is 17.0 Å². The van der Waals surface area contributed by atoms with E-state index in [0.29, 0.717) is 12.1 Å². The number of amides is 1. The molecule has 6 heteroatoms. The summed E-state index contributed by atoms with van der Waals surface area (Å²) in [7, 11) is 0. The summed E-state index contributed by atoms with van der Waals surface area (Å²) < 4.78 is 2.14. The molecule has 1 amide bonds. The predicted molar refractivity (Wildman–Crippen MR) is 105 cm³/mol. The van der Waals surface area contributed by atoms with Crippen molar-refractivity contribution in [2.45, 2.75) is 32.7 Å². The number of aromatic nitrogens is 2. The van der Waals surface area contributed by atoms with Gasteiger partial charge >= 0.3 is 0 Å². The van der Waals surface area contributed by atoms with E-state index in [2.05, 4.69) is 11.5 Å². The van der Waals surface area contributed by atoms with Crippen LogP contribution in [0.2, 0.25) is 5.02 Å². The zero-order valence-electron chi connectivity index (χ0n) is 14.0. The molecule has 0 bridgehead atoms. The fourth-order valence-electron chi connectivity index (χ4n) is 2.83. The van der Waals surface area contributed by atoms with Crippen LogP contribution in [0.3, 0.4) is 0 Å². The lowest BCUT2D eigenvalue weighted by Crippen LogP contribution is -2.11. The van der Waals surface area contributed by atoms with Gasteiger partial charge in [-0.1, -0.05) is 43.1 Å². The Morgan fingerprint density at radius 2 is 2.00 bits per heavy atom. The number of fused-ring (bicyclic) bond motifs is 1. The van der Waals surface area contributed by atoms with Gasteiger partial charge in [0.15, 0.2) is 0 Å². The summed E-state index contributed by atoms with van der Waals surface area (Å²) in [6.45, 7) is 2.78. The van der Waals surface area contributed by atoms with Crippen molar-refractivity contribution in [3.05, 3.63) is 64.4 Å². The molecule has 0 aliphatic rings. The molecule has 3 rings (SSSR count).